The van der Waals surface area contributed by atoms with E-state index >= 15 is 0 Å². The van der Waals surface area contributed by atoms with E-state index in [9.17, 15) is 5.21 Å². The van der Waals surface area contributed by atoms with E-state index in [1.54, 1.807) is 7.11 Å². The van der Waals surface area contributed by atoms with Crippen molar-refractivity contribution < 1.29 is 9.94 Å². The van der Waals surface area contributed by atoms with Crippen LogP contribution in [0, 0.1) is 0 Å². The molecule has 1 aromatic heterocycles. The quantitative estimate of drug-likeness (QED) is 0.533. The van der Waals surface area contributed by atoms with Crippen LogP contribution < -0.4 is 4.74 Å². The van der Waals surface area contributed by atoms with Crippen LogP contribution in [0.5, 0.6) is 5.75 Å². The van der Waals surface area contributed by atoms with Gasteiger partial charge in [0.05, 0.1) is 12.0 Å². The van der Waals surface area contributed by atoms with Crippen LogP contribution in [-0.2, 0) is 0 Å². The summed E-state index contributed by atoms with van der Waals surface area (Å²) >= 11 is 4.94. The molecule has 0 fully saturated rings. The van der Waals surface area contributed by atoms with Crippen LogP contribution in [0.3, 0.4) is 0 Å². The molecule has 2 aromatic rings. The molecule has 0 atom stereocenters. The van der Waals surface area contributed by atoms with Gasteiger partial charge in [-0.05, 0) is 39.5 Å². The lowest BCUT2D eigenvalue weighted by molar-refractivity contribution is 0.319. The number of methoxy groups -OCH3 is 1. The van der Waals surface area contributed by atoms with E-state index < -0.39 is 0 Å². The van der Waals surface area contributed by atoms with Crippen molar-refractivity contribution in [3.63, 3.8) is 0 Å². The normalized spacial score (nSPS) is 11.5. The van der Waals surface area contributed by atoms with Gasteiger partial charge in [0.15, 0.2) is 0 Å². The monoisotopic (exact) mass is 311 g/mol. The molecule has 1 aromatic carbocycles. The summed E-state index contributed by atoms with van der Waals surface area (Å²) in [5, 5.41) is 14.5. The summed E-state index contributed by atoms with van der Waals surface area (Å²) in [6.45, 7) is 0. The highest BCUT2D eigenvalue weighted by atomic mass is 79.9. The van der Waals surface area contributed by atoms with Gasteiger partial charge in [-0.25, -0.2) is 0 Å². The lowest BCUT2D eigenvalue weighted by atomic mass is 10.1. The molecule has 88 valence electrons. The molecule has 0 saturated carbocycles. The van der Waals surface area contributed by atoms with Gasteiger partial charge in [-0.1, -0.05) is 17.3 Å². The number of rotatable bonds is 3. The van der Waals surface area contributed by atoms with Crippen LogP contribution in [0.25, 0.3) is 0 Å². The smallest absolute Gasteiger partial charge is 0.128 e. The van der Waals surface area contributed by atoms with Crippen LogP contribution in [0.2, 0.25) is 0 Å². The second-order valence-corrected chi connectivity index (χ2v) is 5.05. The van der Waals surface area contributed by atoms with Crippen molar-refractivity contribution >= 4 is 33.0 Å². The molecule has 1 N–H and O–H groups in total. The molecule has 17 heavy (non-hydrogen) atoms. The molecule has 2 rings (SSSR count). The maximum Gasteiger partial charge on any atom is 0.128 e. The minimum Gasteiger partial charge on any atom is -0.497 e. The fourth-order valence-electron chi connectivity index (χ4n) is 1.47. The first kappa shape index (κ1) is 12.1. The highest BCUT2D eigenvalue weighted by Gasteiger charge is 2.13. The molecule has 0 unspecified atom stereocenters. The van der Waals surface area contributed by atoms with E-state index in [2.05, 4.69) is 21.1 Å². The molecule has 0 saturated heterocycles. The SMILES string of the molecule is COc1cccc(C(=NO)c2sccc2Br)c1. The Morgan fingerprint density at radius 2 is 2.24 bits per heavy atom. The Labute approximate surface area is 111 Å². The third kappa shape index (κ3) is 2.50. The van der Waals surface area contributed by atoms with Crippen molar-refractivity contribution in [1.82, 2.24) is 0 Å². The summed E-state index contributed by atoms with van der Waals surface area (Å²) in [6, 6.07) is 9.35. The van der Waals surface area contributed by atoms with E-state index in [0.717, 1.165) is 20.7 Å². The fourth-order valence-corrected chi connectivity index (χ4v) is 3.03. The number of oxime groups is 1. The zero-order valence-corrected chi connectivity index (χ0v) is 11.5. The average molecular weight is 312 g/mol. The minimum absolute atomic E-state index is 0.533. The number of halogens is 1. The number of hydrogen-bond acceptors (Lipinski definition) is 4. The van der Waals surface area contributed by atoms with Gasteiger partial charge < -0.3 is 9.94 Å². The van der Waals surface area contributed by atoms with Crippen LogP contribution >= 0.6 is 27.3 Å². The molecule has 0 aliphatic rings. The van der Waals surface area contributed by atoms with Crippen LogP contribution in [-0.4, -0.2) is 18.0 Å². The Balaban J connectivity index is 2.47. The van der Waals surface area contributed by atoms with Gasteiger partial charge in [0, 0.05) is 10.0 Å². The Bertz CT molecular complexity index is 551. The van der Waals surface area contributed by atoms with Gasteiger partial charge in [0.25, 0.3) is 0 Å². The van der Waals surface area contributed by atoms with E-state index in [0.29, 0.717) is 5.71 Å². The Morgan fingerprint density at radius 3 is 2.82 bits per heavy atom. The highest BCUT2D eigenvalue weighted by Crippen LogP contribution is 2.27. The maximum absolute atomic E-state index is 9.17. The Morgan fingerprint density at radius 1 is 1.41 bits per heavy atom. The number of thiophene rings is 1. The van der Waals surface area contributed by atoms with E-state index in [1.807, 2.05) is 35.7 Å². The standard InChI is InChI=1S/C12H10BrNO2S/c1-16-9-4-2-3-8(7-9)11(14-15)12-10(13)5-6-17-12/h2-7,15H,1H3. The Hall–Kier alpha value is -1.33. The third-order valence-corrected chi connectivity index (χ3v) is 4.12. The van der Waals surface area contributed by atoms with Crippen molar-refractivity contribution in [3.05, 3.63) is 50.6 Å². The zero-order chi connectivity index (χ0) is 12.3. The van der Waals surface area contributed by atoms with Crippen molar-refractivity contribution in [2.24, 2.45) is 5.16 Å². The molecule has 5 heteroatoms. The molecule has 3 nitrogen and oxygen atoms in total. The molecular formula is C12H10BrNO2S. The summed E-state index contributed by atoms with van der Waals surface area (Å²) < 4.78 is 6.07. The van der Waals surface area contributed by atoms with Gasteiger partial charge in [-0.3, -0.25) is 0 Å². The molecule has 0 radical (unpaired) electrons. The predicted octanol–water partition coefficient (Wildman–Crippen LogP) is 3.75. The lowest BCUT2D eigenvalue weighted by Gasteiger charge is -2.05. The van der Waals surface area contributed by atoms with Crippen molar-refractivity contribution in [2.75, 3.05) is 7.11 Å². The predicted molar refractivity (Wildman–Crippen MR) is 72.4 cm³/mol. The van der Waals surface area contributed by atoms with E-state index in [-0.39, 0.29) is 0 Å². The lowest BCUT2D eigenvalue weighted by Crippen LogP contribution is -2.02. The third-order valence-electron chi connectivity index (χ3n) is 2.28. The molecule has 0 bridgehead atoms. The molecule has 1 heterocycles. The van der Waals surface area contributed by atoms with Crippen LogP contribution in [0.15, 0.2) is 45.3 Å². The number of nitrogens with zero attached hydrogens (tertiary/aromatic N) is 1. The first-order chi connectivity index (χ1) is 8.26. The fraction of sp³-hybridized carbons (Fsp3) is 0.0833. The van der Waals surface area contributed by atoms with Crippen LogP contribution in [0.1, 0.15) is 10.4 Å². The number of ether oxygens (including phenoxy) is 1. The van der Waals surface area contributed by atoms with E-state index in [4.69, 9.17) is 4.74 Å². The zero-order valence-electron chi connectivity index (χ0n) is 9.05. The van der Waals surface area contributed by atoms with Crippen molar-refractivity contribution in [3.8, 4) is 5.75 Å². The Kier molecular flexibility index (Phi) is 3.81. The second-order valence-electron chi connectivity index (χ2n) is 3.28. The summed E-state index contributed by atoms with van der Waals surface area (Å²) in [4.78, 5) is 0.890. The average Bonchev–Trinajstić information content (AvgIpc) is 2.77. The minimum atomic E-state index is 0.533. The van der Waals surface area contributed by atoms with Crippen LogP contribution in [0.4, 0.5) is 0 Å². The summed E-state index contributed by atoms with van der Waals surface area (Å²) in [7, 11) is 1.61. The van der Waals surface area contributed by atoms with Gasteiger partial charge in [0.1, 0.15) is 11.5 Å². The summed E-state index contributed by atoms with van der Waals surface area (Å²) in [6.07, 6.45) is 0. The van der Waals surface area contributed by atoms with Crippen molar-refractivity contribution in [2.45, 2.75) is 0 Å². The van der Waals surface area contributed by atoms with Crippen molar-refractivity contribution in [1.29, 1.82) is 0 Å². The highest BCUT2D eigenvalue weighted by molar-refractivity contribution is 9.10. The number of hydrogen-bond donors (Lipinski definition) is 1. The van der Waals surface area contributed by atoms with Gasteiger partial charge in [0.2, 0.25) is 0 Å². The van der Waals surface area contributed by atoms with E-state index in [1.165, 1.54) is 11.3 Å². The topological polar surface area (TPSA) is 41.8 Å². The largest absolute Gasteiger partial charge is 0.497 e. The molecule has 0 amide bonds. The van der Waals surface area contributed by atoms with Gasteiger partial charge >= 0.3 is 0 Å². The number of benzene rings is 1. The summed E-state index contributed by atoms with van der Waals surface area (Å²) in [5.41, 5.74) is 1.35. The summed E-state index contributed by atoms with van der Waals surface area (Å²) in [5.74, 6) is 0.733. The second kappa shape index (κ2) is 5.33. The molecular weight excluding hydrogens is 302 g/mol. The molecule has 0 spiro atoms. The first-order valence-corrected chi connectivity index (χ1v) is 6.53. The van der Waals surface area contributed by atoms with Gasteiger partial charge in [-0.2, -0.15) is 0 Å². The molecule has 0 aliphatic heterocycles. The maximum atomic E-state index is 9.17. The molecule has 0 aliphatic carbocycles. The first-order valence-electron chi connectivity index (χ1n) is 4.86. The van der Waals surface area contributed by atoms with Gasteiger partial charge in [-0.15, -0.1) is 11.3 Å².